The minimum absolute atomic E-state index is 0.0794. The van der Waals surface area contributed by atoms with E-state index >= 15 is 0 Å². The summed E-state index contributed by atoms with van der Waals surface area (Å²) in [5.74, 6) is 0.0794. The van der Waals surface area contributed by atoms with Crippen molar-refractivity contribution in [3.05, 3.63) is 36.2 Å². The third-order valence-corrected chi connectivity index (χ3v) is 4.16. The maximum absolute atomic E-state index is 12.9. The summed E-state index contributed by atoms with van der Waals surface area (Å²) in [6, 6.07) is 6.20. The van der Waals surface area contributed by atoms with E-state index in [1.54, 1.807) is 12.4 Å². The standard InChI is InChI=1S/C16H19N3O/c1-11-5-3-6-12(2)19(11)16(20)13-7-4-8-14-15(13)18-10-9-17-14/h4,7-12H,3,5-6H2,1-2H3. The van der Waals surface area contributed by atoms with Crippen LogP contribution in [0.2, 0.25) is 0 Å². The molecule has 1 aromatic heterocycles. The molecule has 0 aliphatic carbocycles. The Balaban J connectivity index is 2.04. The summed E-state index contributed by atoms with van der Waals surface area (Å²) < 4.78 is 0. The molecule has 3 rings (SSSR count). The summed E-state index contributed by atoms with van der Waals surface area (Å²) in [6.45, 7) is 4.26. The lowest BCUT2D eigenvalue weighted by Crippen LogP contribution is -2.47. The molecule has 0 N–H and O–H groups in total. The molecule has 1 aliphatic heterocycles. The molecule has 1 saturated heterocycles. The fourth-order valence-corrected chi connectivity index (χ4v) is 3.13. The topological polar surface area (TPSA) is 46.1 Å². The highest BCUT2D eigenvalue weighted by molar-refractivity contribution is 6.04. The molecular formula is C16H19N3O. The van der Waals surface area contributed by atoms with Gasteiger partial charge in [-0.15, -0.1) is 0 Å². The molecule has 0 saturated carbocycles. The fourth-order valence-electron chi connectivity index (χ4n) is 3.13. The van der Waals surface area contributed by atoms with Crippen LogP contribution in [0, 0.1) is 0 Å². The number of rotatable bonds is 1. The molecule has 104 valence electrons. The number of nitrogens with zero attached hydrogens (tertiary/aromatic N) is 3. The largest absolute Gasteiger partial charge is 0.333 e. The van der Waals surface area contributed by atoms with E-state index in [2.05, 4.69) is 23.8 Å². The van der Waals surface area contributed by atoms with Gasteiger partial charge in [-0.3, -0.25) is 14.8 Å². The highest BCUT2D eigenvalue weighted by atomic mass is 16.2. The van der Waals surface area contributed by atoms with Crippen molar-refractivity contribution in [2.75, 3.05) is 0 Å². The monoisotopic (exact) mass is 269 g/mol. The second-order valence-electron chi connectivity index (χ2n) is 5.57. The molecule has 20 heavy (non-hydrogen) atoms. The first-order valence-corrected chi connectivity index (χ1v) is 7.21. The van der Waals surface area contributed by atoms with Crippen LogP contribution in [0.15, 0.2) is 30.6 Å². The van der Waals surface area contributed by atoms with E-state index in [1.807, 2.05) is 23.1 Å². The van der Waals surface area contributed by atoms with Crippen molar-refractivity contribution in [2.45, 2.75) is 45.2 Å². The first-order chi connectivity index (χ1) is 9.68. The maximum atomic E-state index is 12.9. The molecule has 2 aromatic rings. The van der Waals surface area contributed by atoms with E-state index < -0.39 is 0 Å². The summed E-state index contributed by atoms with van der Waals surface area (Å²) in [5.41, 5.74) is 2.14. The smallest absolute Gasteiger partial charge is 0.256 e. The first-order valence-electron chi connectivity index (χ1n) is 7.21. The minimum atomic E-state index is 0.0794. The second kappa shape index (κ2) is 5.19. The van der Waals surface area contributed by atoms with Gasteiger partial charge in [-0.25, -0.2) is 0 Å². The number of hydrogen-bond acceptors (Lipinski definition) is 3. The summed E-state index contributed by atoms with van der Waals surface area (Å²) in [6.07, 6.45) is 6.64. The molecule has 1 fully saturated rings. The van der Waals surface area contributed by atoms with E-state index in [0.29, 0.717) is 11.1 Å². The minimum Gasteiger partial charge on any atom is -0.333 e. The molecule has 2 heterocycles. The van der Waals surface area contributed by atoms with Gasteiger partial charge in [0.15, 0.2) is 0 Å². The van der Waals surface area contributed by atoms with Gasteiger partial charge >= 0.3 is 0 Å². The predicted molar refractivity (Wildman–Crippen MR) is 78.5 cm³/mol. The van der Waals surface area contributed by atoms with Crippen LogP contribution in [0.1, 0.15) is 43.5 Å². The molecule has 2 atom stereocenters. The van der Waals surface area contributed by atoms with Gasteiger partial charge in [0, 0.05) is 24.5 Å². The Morgan fingerprint density at radius 3 is 2.60 bits per heavy atom. The van der Waals surface area contributed by atoms with E-state index in [0.717, 1.165) is 18.4 Å². The van der Waals surface area contributed by atoms with Crippen molar-refractivity contribution in [1.29, 1.82) is 0 Å². The van der Waals surface area contributed by atoms with Crippen molar-refractivity contribution in [2.24, 2.45) is 0 Å². The van der Waals surface area contributed by atoms with Gasteiger partial charge in [0.25, 0.3) is 5.91 Å². The van der Waals surface area contributed by atoms with Gasteiger partial charge in [0.2, 0.25) is 0 Å². The van der Waals surface area contributed by atoms with Gasteiger partial charge in [-0.1, -0.05) is 6.07 Å². The van der Waals surface area contributed by atoms with Crippen LogP contribution in [0.5, 0.6) is 0 Å². The van der Waals surface area contributed by atoms with Crippen LogP contribution in [-0.2, 0) is 0 Å². The molecule has 0 radical (unpaired) electrons. The van der Waals surface area contributed by atoms with Crippen LogP contribution in [0.3, 0.4) is 0 Å². The second-order valence-corrected chi connectivity index (χ2v) is 5.57. The molecule has 2 unspecified atom stereocenters. The lowest BCUT2D eigenvalue weighted by Gasteiger charge is -2.39. The van der Waals surface area contributed by atoms with Crippen molar-refractivity contribution in [1.82, 2.24) is 14.9 Å². The summed E-state index contributed by atoms with van der Waals surface area (Å²) in [4.78, 5) is 23.5. The highest BCUT2D eigenvalue weighted by Crippen LogP contribution is 2.26. The summed E-state index contributed by atoms with van der Waals surface area (Å²) in [5, 5.41) is 0. The Morgan fingerprint density at radius 1 is 1.15 bits per heavy atom. The van der Waals surface area contributed by atoms with E-state index in [4.69, 9.17) is 0 Å². The number of likely N-dealkylation sites (tertiary alicyclic amines) is 1. The molecule has 4 heteroatoms. The number of amides is 1. The first kappa shape index (κ1) is 13.0. The van der Waals surface area contributed by atoms with Crippen LogP contribution in [-0.4, -0.2) is 32.9 Å². The van der Waals surface area contributed by atoms with Crippen molar-refractivity contribution >= 4 is 16.9 Å². The van der Waals surface area contributed by atoms with Gasteiger partial charge in [-0.2, -0.15) is 0 Å². The highest BCUT2D eigenvalue weighted by Gasteiger charge is 2.30. The lowest BCUT2D eigenvalue weighted by molar-refractivity contribution is 0.0512. The van der Waals surface area contributed by atoms with Crippen molar-refractivity contribution in [3.63, 3.8) is 0 Å². The van der Waals surface area contributed by atoms with Crippen LogP contribution in [0.25, 0.3) is 11.0 Å². The number of fused-ring (bicyclic) bond motifs is 1. The molecule has 0 bridgehead atoms. The maximum Gasteiger partial charge on any atom is 0.256 e. The Bertz CT molecular complexity index is 625. The van der Waals surface area contributed by atoms with Gasteiger partial charge in [-0.05, 0) is 45.2 Å². The zero-order valence-corrected chi connectivity index (χ0v) is 11.9. The fraction of sp³-hybridized carbons (Fsp3) is 0.438. The van der Waals surface area contributed by atoms with E-state index in [-0.39, 0.29) is 18.0 Å². The molecule has 1 aromatic carbocycles. The van der Waals surface area contributed by atoms with Crippen LogP contribution in [0.4, 0.5) is 0 Å². The van der Waals surface area contributed by atoms with Crippen LogP contribution >= 0.6 is 0 Å². The van der Waals surface area contributed by atoms with Gasteiger partial charge < -0.3 is 4.90 Å². The number of carbonyl (C=O) groups excluding carboxylic acids is 1. The van der Waals surface area contributed by atoms with Crippen molar-refractivity contribution < 1.29 is 4.79 Å². The quantitative estimate of drug-likeness (QED) is 0.799. The lowest BCUT2D eigenvalue weighted by atomic mass is 9.96. The van der Waals surface area contributed by atoms with Gasteiger partial charge in [0.1, 0.15) is 5.52 Å². The predicted octanol–water partition coefficient (Wildman–Crippen LogP) is 3.03. The Morgan fingerprint density at radius 2 is 1.85 bits per heavy atom. The van der Waals surface area contributed by atoms with E-state index in [1.165, 1.54) is 6.42 Å². The van der Waals surface area contributed by atoms with Crippen molar-refractivity contribution in [3.8, 4) is 0 Å². The number of para-hydroxylation sites is 1. The number of benzene rings is 1. The average molecular weight is 269 g/mol. The number of aromatic nitrogens is 2. The summed E-state index contributed by atoms with van der Waals surface area (Å²) >= 11 is 0. The molecular weight excluding hydrogens is 250 g/mol. The zero-order valence-electron chi connectivity index (χ0n) is 11.9. The van der Waals surface area contributed by atoms with E-state index in [9.17, 15) is 4.79 Å². The molecule has 1 aliphatic rings. The van der Waals surface area contributed by atoms with Crippen LogP contribution < -0.4 is 0 Å². The zero-order chi connectivity index (χ0) is 14.1. The molecule has 1 amide bonds. The molecule has 4 nitrogen and oxygen atoms in total. The Hall–Kier alpha value is -1.97. The Kier molecular flexibility index (Phi) is 3.38. The number of piperidine rings is 1. The summed E-state index contributed by atoms with van der Waals surface area (Å²) in [7, 11) is 0. The third kappa shape index (κ3) is 2.15. The Labute approximate surface area is 118 Å². The normalized spacial score (nSPS) is 23.0. The third-order valence-electron chi connectivity index (χ3n) is 4.16. The molecule has 0 spiro atoms. The number of hydrogen-bond donors (Lipinski definition) is 0. The van der Waals surface area contributed by atoms with Gasteiger partial charge in [0.05, 0.1) is 11.1 Å². The SMILES string of the molecule is CC1CCCC(C)N1C(=O)c1cccc2nccnc12. The average Bonchev–Trinajstić information content (AvgIpc) is 2.46. The number of carbonyl (C=O) groups is 1.